The number of carbonyl (C=O) groups is 2. The first-order chi connectivity index (χ1) is 11.5. The zero-order valence-electron chi connectivity index (χ0n) is 13.0. The number of aryl methyl sites for hydroxylation is 1. The Morgan fingerprint density at radius 3 is 2.79 bits per heavy atom. The fourth-order valence-electron chi connectivity index (χ4n) is 2.44. The summed E-state index contributed by atoms with van der Waals surface area (Å²) in [5.41, 5.74) is 2.44. The number of pyridine rings is 1. The van der Waals surface area contributed by atoms with Crippen LogP contribution in [0.25, 0.3) is 5.65 Å². The van der Waals surface area contributed by atoms with Crippen LogP contribution in [0.3, 0.4) is 0 Å². The summed E-state index contributed by atoms with van der Waals surface area (Å²) in [7, 11) is 1.30. The predicted molar refractivity (Wildman–Crippen MR) is 90.7 cm³/mol. The third kappa shape index (κ3) is 2.96. The number of anilines is 1. The van der Waals surface area contributed by atoms with E-state index in [1.165, 1.54) is 7.11 Å². The summed E-state index contributed by atoms with van der Waals surface area (Å²) in [4.78, 5) is 28.6. The lowest BCUT2D eigenvalue weighted by atomic mass is 10.2. The topological polar surface area (TPSA) is 72.7 Å². The number of nitrogens with one attached hydrogen (secondary N) is 1. The Balaban J connectivity index is 1.95. The summed E-state index contributed by atoms with van der Waals surface area (Å²) in [6.07, 6.45) is 1.64. The predicted octanol–water partition coefficient (Wildman–Crippen LogP) is 3.34. The molecule has 0 bridgehead atoms. The van der Waals surface area contributed by atoms with E-state index in [4.69, 9.17) is 11.6 Å². The molecule has 0 fully saturated rings. The molecule has 0 spiro atoms. The van der Waals surface area contributed by atoms with Gasteiger partial charge in [0, 0.05) is 11.9 Å². The van der Waals surface area contributed by atoms with Crippen molar-refractivity contribution < 1.29 is 14.3 Å². The second kappa shape index (κ2) is 6.33. The highest BCUT2D eigenvalue weighted by atomic mass is 35.5. The molecule has 3 aromatic rings. The van der Waals surface area contributed by atoms with Crippen LogP contribution in [0.5, 0.6) is 0 Å². The molecule has 3 rings (SSSR count). The number of nitrogens with zero attached hydrogens (tertiary/aromatic N) is 2. The monoisotopic (exact) mass is 343 g/mol. The van der Waals surface area contributed by atoms with Crippen LogP contribution in [0.2, 0.25) is 5.02 Å². The molecule has 0 aliphatic rings. The summed E-state index contributed by atoms with van der Waals surface area (Å²) >= 11 is 6.00. The lowest BCUT2D eigenvalue weighted by molar-refractivity contribution is 0.0600. The first-order valence-electron chi connectivity index (χ1n) is 7.13. The molecular weight excluding hydrogens is 330 g/mol. The standard InChI is InChI=1S/C17H14ClN3O3/c1-10-15(21-9-12(18)6-7-14(21)19-10)16(22)20-13-5-3-4-11(8-13)17(23)24-2/h3-9H,1-2H3,(H,20,22). The van der Waals surface area contributed by atoms with E-state index < -0.39 is 5.97 Å². The van der Waals surface area contributed by atoms with Crippen LogP contribution in [0, 0.1) is 6.92 Å². The zero-order valence-corrected chi connectivity index (χ0v) is 13.8. The van der Waals surface area contributed by atoms with Gasteiger partial charge in [-0.1, -0.05) is 17.7 Å². The number of amides is 1. The number of halogens is 1. The number of hydrogen-bond donors (Lipinski definition) is 1. The molecular formula is C17H14ClN3O3. The van der Waals surface area contributed by atoms with Crippen LogP contribution in [-0.4, -0.2) is 28.4 Å². The molecule has 2 heterocycles. The first kappa shape index (κ1) is 16.0. The van der Waals surface area contributed by atoms with Gasteiger partial charge in [0.15, 0.2) is 0 Å². The van der Waals surface area contributed by atoms with Gasteiger partial charge in [0.1, 0.15) is 11.3 Å². The van der Waals surface area contributed by atoms with Crippen molar-refractivity contribution in [1.29, 1.82) is 0 Å². The van der Waals surface area contributed by atoms with Gasteiger partial charge in [-0.05, 0) is 37.3 Å². The molecule has 7 heteroatoms. The summed E-state index contributed by atoms with van der Waals surface area (Å²) < 4.78 is 6.31. The molecule has 0 aliphatic carbocycles. The molecule has 1 N–H and O–H groups in total. The minimum Gasteiger partial charge on any atom is -0.465 e. The van der Waals surface area contributed by atoms with E-state index in [1.807, 2.05) is 0 Å². The molecule has 0 aliphatic heterocycles. The molecule has 0 saturated heterocycles. The summed E-state index contributed by atoms with van der Waals surface area (Å²) in [5, 5.41) is 3.27. The van der Waals surface area contributed by atoms with Gasteiger partial charge in [-0.2, -0.15) is 0 Å². The van der Waals surface area contributed by atoms with E-state index in [2.05, 4.69) is 15.0 Å². The number of rotatable bonds is 3. The van der Waals surface area contributed by atoms with Crippen molar-refractivity contribution in [3.63, 3.8) is 0 Å². The number of ether oxygens (including phenoxy) is 1. The average Bonchev–Trinajstić information content (AvgIpc) is 2.89. The number of benzene rings is 1. The van der Waals surface area contributed by atoms with E-state index in [1.54, 1.807) is 53.9 Å². The summed E-state index contributed by atoms with van der Waals surface area (Å²) in [6, 6.07) is 9.97. The van der Waals surface area contributed by atoms with Gasteiger partial charge in [0.2, 0.25) is 0 Å². The first-order valence-corrected chi connectivity index (χ1v) is 7.51. The van der Waals surface area contributed by atoms with E-state index in [0.717, 1.165) is 0 Å². The molecule has 1 aromatic carbocycles. The fraction of sp³-hybridized carbons (Fsp3) is 0.118. The van der Waals surface area contributed by atoms with Gasteiger partial charge < -0.3 is 10.1 Å². The maximum atomic E-state index is 12.6. The Labute approximate surface area is 143 Å². The van der Waals surface area contributed by atoms with Gasteiger partial charge in [0.25, 0.3) is 5.91 Å². The van der Waals surface area contributed by atoms with E-state index in [9.17, 15) is 9.59 Å². The second-order valence-corrected chi connectivity index (χ2v) is 5.58. The molecule has 0 saturated carbocycles. The van der Waals surface area contributed by atoms with E-state index in [0.29, 0.717) is 33.3 Å². The van der Waals surface area contributed by atoms with Crippen LogP contribution in [-0.2, 0) is 4.74 Å². The Hall–Kier alpha value is -2.86. The zero-order chi connectivity index (χ0) is 17.3. The minimum absolute atomic E-state index is 0.343. The highest BCUT2D eigenvalue weighted by molar-refractivity contribution is 6.30. The van der Waals surface area contributed by atoms with Crippen LogP contribution in [0.15, 0.2) is 42.6 Å². The number of imidazole rings is 1. The number of aromatic nitrogens is 2. The van der Waals surface area contributed by atoms with Crippen molar-refractivity contribution in [1.82, 2.24) is 9.38 Å². The third-order valence-electron chi connectivity index (χ3n) is 3.51. The molecule has 0 radical (unpaired) electrons. The van der Waals surface area contributed by atoms with Crippen molar-refractivity contribution in [2.75, 3.05) is 12.4 Å². The molecule has 24 heavy (non-hydrogen) atoms. The molecule has 122 valence electrons. The SMILES string of the molecule is COC(=O)c1cccc(NC(=O)c2c(C)nc3ccc(Cl)cn23)c1. The number of carbonyl (C=O) groups excluding carboxylic acids is 2. The van der Waals surface area contributed by atoms with Crippen LogP contribution < -0.4 is 5.32 Å². The van der Waals surface area contributed by atoms with Gasteiger partial charge in [-0.25, -0.2) is 9.78 Å². The van der Waals surface area contributed by atoms with Gasteiger partial charge >= 0.3 is 5.97 Å². The Morgan fingerprint density at radius 2 is 2.04 bits per heavy atom. The number of fused-ring (bicyclic) bond motifs is 1. The molecule has 1 amide bonds. The second-order valence-electron chi connectivity index (χ2n) is 5.15. The Bertz CT molecular complexity index is 949. The maximum Gasteiger partial charge on any atom is 0.337 e. The molecule has 2 aromatic heterocycles. The summed E-state index contributed by atoms with van der Waals surface area (Å²) in [6.45, 7) is 1.75. The fourth-order valence-corrected chi connectivity index (χ4v) is 2.60. The van der Waals surface area contributed by atoms with Crippen molar-refractivity contribution >= 4 is 34.8 Å². The van der Waals surface area contributed by atoms with Crippen molar-refractivity contribution in [2.24, 2.45) is 0 Å². The number of esters is 1. The lowest BCUT2D eigenvalue weighted by Gasteiger charge is -2.07. The van der Waals surface area contributed by atoms with E-state index >= 15 is 0 Å². The van der Waals surface area contributed by atoms with Crippen molar-refractivity contribution in [2.45, 2.75) is 6.92 Å². The largest absolute Gasteiger partial charge is 0.465 e. The highest BCUT2D eigenvalue weighted by Gasteiger charge is 2.17. The Morgan fingerprint density at radius 1 is 1.25 bits per heavy atom. The molecule has 6 nitrogen and oxygen atoms in total. The third-order valence-corrected chi connectivity index (χ3v) is 3.74. The lowest BCUT2D eigenvalue weighted by Crippen LogP contribution is -2.16. The quantitative estimate of drug-likeness (QED) is 0.740. The Kier molecular flexibility index (Phi) is 4.22. The van der Waals surface area contributed by atoms with Crippen LogP contribution >= 0.6 is 11.6 Å². The number of methoxy groups -OCH3 is 1. The maximum absolute atomic E-state index is 12.6. The van der Waals surface area contributed by atoms with Gasteiger partial charge in [-0.3, -0.25) is 9.20 Å². The highest BCUT2D eigenvalue weighted by Crippen LogP contribution is 2.18. The average molecular weight is 344 g/mol. The van der Waals surface area contributed by atoms with Crippen molar-refractivity contribution in [3.05, 3.63) is 64.6 Å². The molecule has 0 unspecified atom stereocenters. The van der Waals surface area contributed by atoms with Gasteiger partial charge in [-0.15, -0.1) is 0 Å². The van der Waals surface area contributed by atoms with Crippen LogP contribution in [0.4, 0.5) is 5.69 Å². The molecule has 0 atom stereocenters. The minimum atomic E-state index is -0.469. The van der Waals surface area contributed by atoms with Crippen molar-refractivity contribution in [3.8, 4) is 0 Å². The number of hydrogen-bond acceptors (Lipinski definition) is 4. The van der Waals surface area contributed by atoms with E-state index in [-0.39, 0.29) is 5.91 Å². The summed E-state index contributed by atoms with van der Waals surface area (Å²) in [5.74, 6) is -0.812. The normalized spacial score (nSPS) is 10.6. The van der Waals surface area contributed by atoms with Crippen LogP contribution in [0.1, 0.15) is 26.5 Å². The van der Waals surface area contributed by atoms with Gasteiger partial charge in [0.05, 0.1) is 23.4 Å². The smallest absolute Gasteiger partial charge is 0.337 e.